The Morgan fingerprint density at radius 2 is 1.77 bits per heavy atom. The number of halogens is 5. The number of hydrogen-bond acceptors (Lipinski definition) is 4. The molecule has 0 radical (unpaired) electrons. The molecule has 5 rings (SSSR count). The van der Waals surface area contributed by atoms with E-state index >= 15 is 0 Å². The second-order valence-corrected chi connectivity index (χ2v) is 11.1. The van der Waals surface area contributed by atoms with Gasteiger partial charge in [-0.2, -0.15) is 13.2 Å². The zero-order chi connectivity index (χ0) is 28.2. The highest BCUT2D eigenvalue weighted by atomic mass is 35.5. The standard InChI is InChI=1S/C27H27Cl2F3N4O3/c1-14-9-16(27(30,31)32)12-21-24(14)33-22(34(21)2)13-19-20(28)4-3-18(23(19)29)25(37)36-7-5-35(6-8-36)17-10-15(11-17)26(38)39/h3-4,9,12,15,17H,5-8,10-11,13H2,1-2H3,(H,38,39). The third-order valence-electron chi connectivity index (χ3n) is 7.93. The normalized spacial score (nSPS) is 20.3. The summed E-state index contributed by atoms with van der Waals surface area (Å²) >= 11 is 13.2. The van der Waals surface area contributed by atoms with Gasteiger partial charge in [0.2, 0.25) is 0 Å². The van der Waals surface area contributed by atoms with E-state index in [1.807, 2.05) is 0 Å². The van der Waals surface area contributed by atoms with Crippen molar-refractivity contribution in [3.05, 3.63) is 62.4 Å². The fourth-order valence-electron chi connectivity index (χ4n) is 5.46. The van der Waals surface area contributed by atoms with E-state index < -0.39 is 17.7 Å². The Hall–Kier alpha value is -2.82. The van der Waals surface area contributed by atoms with Crippen molar-refractivity contribution in [1.29, 1.82) is 0 Å². The van der Waals surface area contributed by atoms with Crippen LogP contribution in [0.25, 0.3) is 11.0 Å². The lowest BCUT2D eigenvalue weighted by Crippen LogP contribution is -2.56. The van der Waals surface area contributed by atoms with Gasteiger partial charge in [0.05, 0.1) is 33.1 Å². The molecule has 39 heavy (non-hydrogen) atoms. The van der Waals surface area contributed by atoms with E-state index in [1.54, 1.807) is 35.6 Å². The van der Waals surface area contributed by atoms with Crippen molar-refractivity contribution in [2.24, 2.45) is 13.0 Å². The van der Waals surface area contributed by atoms with Crippen molar-refractivity contribution >= 4 is 46.1 Å². The Bertz CT molecular complexity index is 1460. The summed E-state index contributed by atoms with van der Waals surface area (Å²) in [7, 11) is 1.64. The molecule has 2 fully saturated rings. The molecule has 1 N–H and O–H groups in total. The largest absolute Gasteiger partial charge is 0.481 e. The number of benzene rings is 2. The minimum absolute atomic E-state index is 0.130. The molecule has 0 spiro atoms. The molecule has 1 amide bonds. The number of aliphatic carboxylic acids is 1. The average Bonchev–Trinajstić information content (AvgIpc) is 3.16. The third kappa shape index (κ3) is 5.21. The van der Waals surface area contributed by atoms with Gasteiger partial charge in [-0.25, -0.2) is 4.98 Å². The Morgan fingerprint density at radius 3 is 2.38 bits per heavy atom. The van der Waals surface area contributed by atoms with Crippen LogP contribution in [0.2, 0.25) is 10.0 Å². The number of rotatable bonds is 5. The lowest BCUT2D eigenvalue weighted by Gasteiger charge is -2.45. The minimum atomic E-state index is -4.48. The Kier molecular flexibility index (Phi) is 7.32. The molecule has 2 aromatic carbocycles. The topological polar surface area (TPSA) is 78.7 Å². The van der Waals surface area contributed by atoms with Crippen LogP contribution in [0.5, 0.6) is 0 Å². The highest BCUT2D eigenvalue weighted by molar-refractivity contribution is 6.38. The van der Waals surface area contributed by atoms with Crippen molar-refractivity contribution in [2.75, 3.05) is 26.2 Å². The monoisotopic (exact) mass is 582 g/mol. The van der Waals surface area contributed by atoms with Gasteiger partial charge in [0.25, 0.3) is 5.91 Å². The van der Waals surface area contributed by atoms with E-state index in [0.29, 0.717) is 77.6 Å². The van der Waals surface area contributed by atoms with Crippen LogP contribution in [-0.4, -0.2) is 68.6 Å². The van der Waals surface area contributed by atoms with E-state index in [2.05, 4.69) is 9.88 Å². The molecular weight excluding hydrogens is 556 g/mol. The molecule has 1 aromatic heterocycles. The SMILES string of the molecule is Cc1cc(C(F)(F)F)cc2c1nc(Cc1c(Cl)ccc(C(=O)N3CCN(C4CC(C(=O)O)C4)CC3)c1Cl)n2C. The number of alkyl halides is 3. The number of aryl methyl sites for hydroxylation is 2. The van der Waals surface area contributed by atoms with E-state index in [9.17, 15) is 22.8 Å². The number of imidazole rings is 1. The number of carboxylic acids is 1. The number of carbonyl (C=O) groups is 2. The van der Waals surface area contributed by atoms with Crippen molar-refractivity contribution in [1.82, 2.24) is 19.4 Å². The maximum atomic E-state index is 13.4. The Balaban J connectivity index is 1.34. The van der Waals surface area contributed by atoms with E-state index in [4.69, 9.17) is 28.3 Å². The highest BCUT2D eigenvalue weighted by Gasteiger charge is 2.39. The van der Waals surface area contributed by atoms with Crippen LogP contribution in [0.3, 0.4) is 0 Å². The predicted octanol–water partition coefficient (Wildman–Crippen LogP) is 5.42. The van der Waals surface area contributed by atoms with Gasteiger partial charge in [-0.1, -0.05) is 23.2 Å². The molecule has 12 heteroatoms. The fourth-order valence-corrected chi connectivity index (χ4v) is 6.04. The molecule has 3 aromatic rings. The zero-order valence-corrected chi connectivity index (χ0v) is 22.9. The summed E-state index contributed by atoms with van der Waals surface area (Å²) in [4.78, 5) is 33.0. The van der Waals surface area contributed by atoms with Crippen molar-refractivity contribution in [3.63, 3.8) is 0 Å². The van der Waals surface area contributed by atoms with Gasteiger partial charge in [-0.05, 0) is 55.2 Å². The maximum Gasteiger partial charge on any atom is 0.416 e. The first kappa shape index (κ1) is 27.7. The summed E-state index contributed by atoms with van der Waals surface area (Å²) < 4.78 is 41.7. The number of nitrogens with zero attached hydrogens (tertiary/aromatic N) is 4. The lowest BCUT2D eigenvalue weighted by atomic mass is 9.79. The van der Waals surface area contributed by atoms with Crippen LogP contribution >= 0.6 is 23.2 Å². The van der Waals surface area contributed by atoms with Crippen LogP contribution in [0, 0.1) is 12.8 Å². The first-order valence-electron chi connectivity index (χ1n) is 12.6. The first-order chi connectivity index (χ1) is 18.3. The van der Waals surface area contributed by atoms with Crippen molar-refractivity contribution < 1.29 is 27.9 Å². The minimum Gasteiger partial charge on any atom is -0.481 e. The van der Waals surface area contributed by atoms with Gasteiger partial charge >= 0.3 is 12.1 Å². The number of carboxylic acid groups (broad SMARTS) is 1. The Labute approximate surface area is 233 Å². The molecule has 0 atom stereocenters. The molecule has 0 bridgehead atoms. The van der Waals surface area contributed by atoms with Crippen LogP contribution in [0.4, 0.5) is 13.2 Å². The number of amides is 1. The van der Waals surface area contributed by atoms with Crippen molar-refractivity contribution in [3.8, 4) is 0 Å². The molecule has 208 valence electrons. The number of piperazine rings is 1. The predicted molar refractivity (Wildman–Crippen MR) is 141 cm³/mol. The Morgan fingerprint density at radius 1 is 1.10 bits per heavy atom. The van der Waals surface area contributed by atoms with E-state index in [-0.39, 0.29) is 29.3 Å². The first-order valence-corrected chi connectivity index (χ1v) is 13.4. The molecule has 2 heterocycles. The summed E-state index contributed by atoms with van der Waals surface area (Å²) in [6, 6.07) is 5.57. The molecule has 2 aliphatic rings. The van der Waals surface area contributed by atoms with Gasteiger partial charge in [0, 0.05) is 50.7 Å². The third-order valence-corrected chi connectivity index (χ3v) is 8.71. The van der Waals surface area contributed by atoms with Gasteiger partial charge in [-0.3, -0.25) is 14.5 Å². The zero-order valence-electron chi connectivity index (χ0n) is 21.4. The van der Waals surface area contributed by atoms with Crippen molar-refractivity contribution in [2.45, 2.75) is 38.4 Å². The maximum absolute atomic E-state index is 13.4. The highest BCUT2D eigenvalue weighted by Crippen LogP contribution is 2.36. The van der Waals surface area contributed by atoms with E-state index in [0.717, 1.165) is 12.1 Å². The van der Waals surface area contributed by atoms with Crippen LogP contribution in [0.15, 0.2) is 24.3 Å². The van der Waals surface area contributed by atoms with Gasteiger partial charge in [0.15, 0.2) is 0 Å². The van der Waals surface area contributed by atoms with Crippen LogP contribution < -0.4 is 0 Å². The van der Waals surface area contributed by atoms with Gasteiger partial charge < -0.3 is 14.6 Å². The number of hydrogen-bond donors (Lipinski definition) is 1. The number of fused-ring (bicyclic) bond motifs is 1. The second-order valence-electron chi connectivity index (χ2n) is 10.3. The van der Waals surface area contributed by atoms with Gasteiger partial charge in [0.1, 0.15) is 5.82 Å². The molecule has 1 aliphatic heterocycles. The molecule has 1 saturated carbocycles. The molecule has 1 saturated heterocycles. The molecule has 1 aliphatic carbocycles. The summed E-state index contributed by atoms with van der Waals surface area (Å²) in [5, 5.41) is 9.64. The molecule has 0 unspecified atom stereocenters. The lowest BCUT2D eigenvalue weighted by molar-refractivity contribution is -0.147. The summed E-state index contributed by atoms with van der Waals surface area (Å²) in [6.07, 6.45) is -3.08. The van der Waals surface area contributed by atoms with Crippen LogP contribution in [-0.2, 0) is 24.4 Å². The smallest absolute Gasteiger partial charge is 0.416 e. The molecule has 7 nitrogen and oxygen atoms in total. The molecular formula is C27H27Cl2F3N4O3. The van der Waals surface area contributed by atoms with E-state index in [1.165, 1.54) is 0 Å². The number of carbonyl (C=O) groups excluding carboxylic acids is 1. The second kappa shape index (κ2) is 10.3. The van der Waals surface area contributed by atoms with Crippen LogP contribution in [0.1, 0.15) is 45.7 Å². The summed E-state index contributed by atoms with van der Waals surface area (Å²) in [5.74, 6) is -0.805. The fraction of sp³-hybridized carbons (Fsp3) is 0.444. The van der Waals surface area contributed by atoms with Gasteiger partial charge in [-0.15, -0.1) is 0 Å². The summed E-state index contributed by atoms with van der Waals surface area (Å²) in [6.45, 7) is 3.88. The quantitative estimate of drug-likeness (QED) is 0.434. The summed E-state index contributed by atoms with van der Waals surface area (Å²) in [5.41, 5.74) is 1.24. The average molecular weight is 583 g/mol. The number of aromatic nitrogens is 2.